The molecule has 0 aliphatic heterocycles. The molecule has 1 heterocycles. The van der Waals surface area contributed by atoms with Crippen molar-refractivity contribution in [2.24, 2.45) is 10.2 Å². The first-order chi connectivity index (χ1) is 23.8. The molecule has 0 unspecified atom stereocenters. The molecule has 5 aromatic rings. The summed E-state index contributed by atoms with van der Waals surface area (Å²) in [5.41, 5.74) is 11.1. The molecule has 0 amide bonds. The Balaban J connectivity index is 1.58. The maximum Gasteiger partial charge on any atom is 0.231 e. The number of nitrogens with one attached hydrogen (secondary N) is 3. The second kappa shape index (κ2) is 15.3. The SMILES string of the molecule is COc1ccccc1Nc1nc(NN=C(C)c2ccc(S(C)(=O)=O)cc2)c(Cc2ccccc2)c(NN=C(C)c2ccc(S(C)(=O)=O)cc2)n1. The zero-order chi connectivity index (χ0) is 35.9. The van der Waals surface area contributed by atoms with Crippen molar-refractivity contribution in [3.63, 3.8) is 0 Å². The van der Waals surface area contributed by atoms with Crippen LogP contribution in [0, 0.1) is 0 Å². The van der Waals surface area contributed by atoms with Crippen molar-refractivity contribution in [1.29, 1.82) is 0 Å². The number of hydrazone groups is 2. The summed E-state index contributed by atoms with van der Waals surface area (Å²) in [4.78, 5) is 10.1. The Labute approximate surface area is 292 Å². The van der Waals surface area contributed by atoms with Crippen LogP contribution in [0.25, 0.3) is 0 Å². The fourth-order valence-corrected chi connectivity index (χ4v) is 6.11. The van der Waals surface area contributed by atoms with Crippen LogP contribution < -0.4 is 20.9 Å². The van der Waals surface area contributed by atoms with Crippen molar-refractivity contribution in [1.82, 2.24) is 9.97 Å². The summed E-state index contributed by atoms with van der Waals surface area (Å²) in [7, 11) is -5.11. The Morgan fingerprint density at radius 1 is 0.660 bits per heavy atom. The van der Waals surface area contributed by atoms with Crippen LogP contribution in [0.15, 0.2) is 123 Å². The van der Waals surface area contributed by atoms with E-state index in [1.807, 2.05) is 54.6 Å². The summed E-state index contributed by atoms with van der Waals surface area (Å²) < 4.78 is 53.4. The van der Waals surface area contributed by atoms with E-state index in [-0.39, 0.29) is 15.7 Å². The summed E-state index contributed by atoms with van der Waals surface area (Å²) >= 11 is 0. The molecule has 50 heavy (non-hydrogen) atoms. The van der Waals surface area contributed by atoms with Crippen LogP contribution in [-0.2, 0) is 26.1 Å². The summed E-state index contributed by atoms with van der Waals surface area (Å²) in [5.74, 6) is 1.60. The minimum Gasteiger partial charge on any atom is -0.495 e. The van der Waals surface area contributed by atoms with Crippen molar-refractivity contribution in [2.45, 2.75) is 30.1 Å². The number of anilines is 4. The van der Waals surface area contributed by atoms with Gasteiger partial charge in [-0.25, -0.2) is 16.8 Å². The zero-order valence-corrected chi connectivity index (χ0v) is 29.8. The highest BCUT2D eigenvalue weighted by Crippen LogP contribution is 2.31. The average molecular weight is 712 g/mol. The molecule has 3 N–H and O–H groups in total. The zero-order valence-electron chi connectivity index (χ0n) is 28.2. The molecule has 0 bridgehead atoms. The lowest BCUT2D eigenvalue weighted by atomic mass is 10.1. The van der Waals surface area contributed by atoms with Crippen molar-refractivity contribution in [3.8, 4) is 5.75 Å². The minimum absolute atomic E-state index is 0.216. The predicted molar refractivity (Wildman–Crippen MR) is 198 cm³/mol. The van der Waals surface area contributed by atoms with Gasteiger partial charge in [-0.15, -0.1) is 0 Å². The molecule has 12 nitrogen and oxygen atoms in total. The van der Waals surface area contributed by atoms with Crippen molar-refractivity contribution >= 4 is 54.4 Å². The summed E-state index contributed by atoms with van der Waals surface area (Å²) in [6, 6.07) is 30.1. The Kier molecular flexibility index (Phi) is 10.9. The number of benzene rings is 4. The molecular formula is C36H37N7O5S2. The molecular weight excluding hydrogens is 675 g/mol. The molecule has 0 aliphatic rings. The second-order valence-corrected chi connectivity index (χ2v) is 15.5. The molecule has 1 aromatic heterocycles. The van der Waals surface area contributed by atoms with E-state index in [4.69, 9.17) is 14.7 Å². The highest BCUT2D eigenvalue weighted by Gasteiger charge is 2.18. The van der Waals surface area contributed by atoms with Gasteiger partial charge in [-0.05, 0) is 66.9 Å². The molecule has 0 saturated heterocycles. The summed E-state index contributed by atoms with van der Waals surface area (Å²) in [6.45, 7) is 3.60. The molecule has 5 rings (SSSR count). The molecule has 0 aliphatic carbocycles. The van der Waals surface area contributed by atoms with Crippen molar-refractivity contribution in [3.05, 3.63) is 125 Å². The average Bonchev–Trinajstić information content (AvgIpc) is 3.10. The molecule has 0 spiro atoms. The molecule has 0 radical (unpaired) electrons. The lowest BCUT2D eigenvalue weighted by Crippen LogP contribution is -2.12. The Hall–Kier alpha value is -5.60. The standard InChI is InChI=1S/C36H37N7O5S2/c1-24(27-15-19-29(20-16-27)49(4,44)45)40-42-34-31(23-26-11-7-6-8-12-26)35(39-36(38-34)37-32-13-9-10-14-33(32)48-3)43-41-25(2)28-17-21-30(22-18-28)50(5,46)47/h6-22H,23H2,1-5H3,(H3,37,38,39,42,43). The van der Waals surface area contributed by atoms with E-state index in [0.29, 0.717) is 46.5 Å². The Bertz CT molecular complexity index is 2140. The van der Waals surface area contributed by atoms with E-state index in [9.17, 15) is 16.8 Å². The first kappa shape index (κ1) is 35.7. The fourth-order valence-electron chi connectivity index (χ4n) is 4.85. The van der Waals surface area contributed by atoms with Gasteiger partial charge in [0, 0.05) is 24.5 Å². The highest BCUT2D eigenvalue weighted by molar-refractivity contribution is 7.91. The van der Waals surface area contributed by atoms with Crippen LogP contribution in [0.1, 0.15) is 36.1 Å². The Morgan fingerprint density at radius 3 is 1.58 bits per heavy atom. The number of aromatic nitrogens is 2. The molecule has 14 heteroatoms. The van der Waals surface area contributed by atoms with E-state index in [1.165, 1.54) is 0 Å². The number of sulfone groups is 2. The smallest absolute Gasteiger partial charge is 0.231 e. The Morgan fingerprint density at radius 2 is 1.12 bits per heavy atom. The molecule has 258 valence electrons. The van der Waals surface area contributed by atoms with Gasteiger partial charge in [-0.1, -0.05) is 66.7 Å². The quantitative estimate of drug-likeness (QED) is 0.0933. The minimum atomic E-state index is -3.34. The lowest BCUT2D eigenvalue weighted by molar-refractivity contribution is 0.417. The van der Waals surface area contributed by atoms with Crippen LogP contribution >= 0.6 is 0 Å². The molecule has 0 atom stereocenters. The fraction of sp³-hybridized carbons (Fsp3) is 0.167. The van der Waals surface area contributed by atoms with E-state index >= 15 is 0 Å². The molecule has 0 fully saturated rings. The monoisotopic (exact) mass is 711 g/mol. The van der Waals surface area contributed by atoms with E-state index in [1.54, 1.807) is 69.5 Å². The van der Waals surface area contributed by atoms with Gasteiger partial charge in [0.2, 0.25) is 5.95 Å². The first-order valence-electron chi connectivity index (χ1n) is 15.4. The predicted octanol–water partition coefficient (Wildman–Crippen LogP) is 6.30. The summed E-state index contributed by atoms with van der Waals surface area (Å²) in [5, 5.41) is 12.5. The topological polar surface area (TPSA) is 164 Å². The largest absolute Gasteiger partial charge is 0.495 e. The number of hydrogen-bond acceptors (Lipinski definition) is 12. The van der Waals surface area contributed by atoms with Crippen LogP contribution in [0.4, 0.5) is 23.3 Å². The summed E-state index contributed by atoms with van der Waals surface area (Å²) in [6.07, 6.45) is 2.74. The molecule has 4 aromatic carbocycles. The maximum atomic E-state index is 12.0. The number of methoxy groups -OCH3 is 1. The second-order valence-electron chi connectivity index (χ2n) is 11.4. The lowest BCUT2D eigenvalue weighted by Gasteiger charge is -2.17. The van der Waals surface area contributed by atoms with Gasteiger partial charge < -0.3 is 10.1 Å². The van der Waals surface area contributed by atoms with Crippen LogP contribution in [0.5, 0.6) is 5.75 Å². The van der Waals surface area contributed by atoms with Gasteiger partial charge in [0.1, 0.15) is 5.75 Å². The van der Waals surface area contributed by atoms with E-state index < -0.39 is 19.7 Å². The van der Waals surface area contributed by atoms with Crippen LogP contribution in [-0.4, -0.2) is 57.8 Å². The van der Waals surface area contributed by atoms with Crippen LogP contribution in [0.3, 0.4) is 0 Å². The van der Waals surface area contributed by atoms with E-state index in [0.717, 1.165) is 29.2 Å². The number of hydrogen-bond donors (Lipinski definition) is 3. The third-order valence-corrected chi connectivity index (χ3v) is 9.90. The number of nitrogens with zero attached hydrogens (tertiary/aromatic N) is 4. The van der Waals surface area contributed by atoms with Gasteiger partial charge in [0.05, 0.1) is 34.0 Å². The van der Waals surface area contributed by atoms with Crippen molar-refractivity contribution in [2.75, 3.05) is 35.8 Å². The number of para-hydroxylation sites is 2. The highest BCUT2D eigenvalue weighted by atomic mass is 32.2. The van der Waals surface area contributed by atoms with Gasteiger partial charge >= 0.3 is 0 Å². The maximum absolute atomic E-state index is 12.0. The third kappa shape index (κ3) is 9.09. The molecule has 0 saturated carbocycles. The van der Waals surface area contributed by atoms with Gasteiger partial charge in [-0.3, -0.25) is 10.9 Å². The van der Waals surface area contributed by atoms with E-state index in [2.05, 4.69) is 26.4 Å². The first-order valence-corrected chi connectivity index (χ1v) is 19.2. The van der Waals surface area contributed by atoms with Crippen molar-refractivity contribution < 1.29 is 21.6 Å². The third-order valence-electron chi connectivity index (χ3n) is 7.64. The van der Waals surface area contributed by atoms with Gasteiger partial charge in [-0.2, -0.15) is 20.2 Å². The number of ether oxygens (including phenoxy) is 1. The van der Waals surface area contributed by atoms with Crippen LogP contribution in [0.2, 0.25) is 0 Å². The van der Waals surface area contributed by atoms with Gasteiger partial charge in [0.25, 0.3) is 0 Å². The normalized spacial score (nSPS) is 12.3. The van der Waals surface area contributed by atoms with Gasteiger partial charge in [0.15, 0.2) is 31.3 Å². The number of rotatable bonds is 13.